The zero-order valence-electron chi connectivity index (χ0n) is 21.5. The number of carboxylic acid groups (broad SMARTS) is 1. The molecule has 0 aromatic rings. The number of hydrogen-bond acceptors (Lipinski definition) is 3. The number of hydrogen-bond donors (Lipinski definition) is 1. The van der Waals surface area contributed by atoms with Crippen molar-refractivity contribution in [2.45, 2.75) is 111 Å². The summed E-state index contributed by atoms with van der Waals surface area (Å²) >= 11 is 1.49. The Balaban J connectivity index is 1.94. The first-order valence-electron chi connectivity index (χ1n) is 13.4. The summed E-state index contributed by atoms with van der Waals surface area (Å²) in [6.07, 6.45) is 16.9. The smallest absolute Gasteiger partial charge is 0.313 e. The van der Waals surface area contributed by atoms with Gasteiger partial charge in [-0.2, -0.15) is 11.8 Å². The highest BCUT2D eigenvalue weighted by Gasteiger charge is 2.47. The van der Waals surface area contributed by atoms with Crippen LogP contribution in [0, 0.1) is 29.1 Å². The summed E-state index contributed by atoms with van der Waals surface area (Å²) in [6, 6.07) is 0. The monoisotopic (exact) mass is 466 g/mol. The fourth-order valence-electron chi connectivity index (χ4n) is 6.32. The van der Waals surface area contributed by atoms with Gasteiger partial charge in [0, 0.05) is 6.61 Å². The maximum Gasteiger partial charge on any atom is 0.313 e. The van der Waals surface area contributed by atoms with Crippen LogP contribution in [0.5, 0.6) is 0 Å². The van der Waals surface area contributed by atoms with E-state index in [1.807, 2.05) is 0 Å². The van der Waals surface area contributed by atoms with Gasteiger partial charge in [0.25, 0.3) is 0 Å². The lowest BCUT2D eigenvalue weighted by atomic mass is 9.53. The molecule has 0 amide bonds. The Morgan fingerprint density at radius 3 is 2.72 bits per heavy atom. The van der Waals surface area contributed by atoms with E-state index in [0.29, 0.717) is 11.5 Å². The number of carbonyl (C=O) groups is 1. The van der Waals surface area contributed by atoms with Crippen LogP contribution in [0.4, 0.5) is 0 Å². The van der Waals surface area contributed by atoms with Gasteiger partial charge >= 0.3 is 5.97 Å². The van der Waals surface area contributed by atoms with Crippen LogP contribution in [0.1, 0.15) is 105 Å². The molecule has 2 aliphatic rings. The second-order valence-corrected chi connectivity index (χ2v) is 12.2. The van der Waals surface area contributed by atoms with Gasteiger partial charge in [0.1, 0.15) is 0 Å². The van der Waals surface area contributed by atoms with Crippen LogP contribution in [-0.2, 0) is 9.53 Å². The third-order valence-electron chi connectivity index (χ3n) is 8.17. The van der Waals surface area contributed by atoms with Gasteiger partial charge in [0.05, 0.1) is 11.9 Å². The van der Waals surface area contributed by atoms with Crippen molar-refractivity contribution in [1.29, 1.82) is 0 Å². The van der Waals surface area contributed by atoms with Crippen molar-refractivity contribution in [3.8, 4) is 0 Å². The van der Waals surface area contributed by atoms with E-state index in [1.54, 1.807) is 5.57 Å². The zero-order valence-corrected chi connectivity index (χ0v) is 22.4. The van der Waals surface area contributed by atoms with E-state index in [1.165, 1.54) is 69.5 Å². The van der Waals surface area contributed by atoms with Crippen LogP contribution >= 0.6 is 11.8 Å². The average Bonchev–Trinajstić information content (AvgIpc) is 2.73. The number of unbranched alkanes of at least 4 members (excludes halogenated alkanes) is 1. The molecule has 0 bridgehead atoms. The van der Waals surface area contributed by atoms with Crippen molar-refractivity contribution in [3.05, 3.63) is 11.6 Å². The molecule has 4 heteroatoms. The van der Waals surface area contributed by atoms with Crippen molar-refractivity contribution in [2.75, 3.05) is 18.1 Å². The summed E-state index contributed by atoms with van der Waals surface area (Å²) in [4.78, 5) is 10.6. The molecule has 0 aromatic carbocycles. The highest BCUT2D eigenvalue weighted by atomic mass is 32.2. The normalized spacial score (nSPS) is 28.9. The van der Waals surface area contributed by atoms with Gasteiger partial charge in [-0.15, -0.1) is 0 Å². The number of thioether (sulfide) groups is 1. The standard InChI is InChI=1S/C28H50O3S/c1-6-10-22(4)25-14-13-23-19-24(31-17-9-18-32-20-27(29)30)15-16-28(23,5)26(25)12-8-7-11-21(2)3/h13,21-22,24-26H,6-12,14-20H2,1-5H3,(H,29,30)/t22?,24?,25?,26?,28-/m0/s1. The van der Waals surface area contributed by atoms with Crippen molar-refractivity contribution in [2.24, 2.45) is 29.1 Å². The number of carboxylic acids is 1. The quantitative estimate of drug-likeness (QED) is 0.196. The van der Waals surface area contributed by atoms with Crippen LogP contribution in [0.3, 0.4) is 0 Å². The van der Waals surface area contributed by atoms with E-state index in [-0.39, 0.29) is 5.75 Å². The third-order valence-corrected chi connectivity index (χ3v) is 9.20. The summed E-state index contributed by atoms with van der Waals surface area (Å²) in [6.45, 7) is 12.9. The van der Waals surface area contributed by atoms with Gasteiger partial charge in [0.15, 0.2) is 0 Å². The molecule has 1 fully saturated rings. The molecule has 5 atom stereocenters. The topological polar surface area (TPSA) is 46.5 Å². The van der Waals surface area contributed by atoms with Gasteiger partial charge in [-0.1, -0.05) is 78.4 Å². The molecular weight excluding hydrogens is 416 g/mol. The Kier molecular flexibility index (Phi) is 12.2. The third kappa shape index (κ3) is 8.38. The summed E-state index contributed by atoms with van der Waals surface area (Å²) in [5.41, 5.74) is 2.04. The van der Waals surface area contributed by atoms with Crippen LogP contribution in [-0.4, -0.2) is 35.3 Å². The Morgan fingerprint density at radius 2 is 2.03 bits per heavy atom. The molecule has 0 spiro atoms. The fourth-order valence-corrected chi connectivity index (χ4v) is 6.96. The molecule has 4 unspecified atom stereocenters. The molecule has 0 radical (unpaired) electrons. The first-order valence-corrected chi connectivity index (χ1v) is 14.5. The Hall–Kier alpha value is -0.480. The largest absolute Gasteiger partial charge is 0.481 e. The second-order valence-electron chi connectivity index (χ2n) is 11.1. The van der Waals surface area contributed by atoms with Gasteiger partial charge in [-0.25, -0.2) is 0 Å². The Labute approximate surface area is 202 Å². The minimum Gasteiger partial charge on any atom is -0.481 e. The maximum atomic E-state index is 10.6. The number of rotatable bonds is 15. The number of aliphatic carboxylic acids is 1. The predicted octanol–water partition coefficient (Wildman–Crippen LogP) is 7.98. The van der Waals surface area contributed by atoms with Gasteiger partial charge in [-0.3, -0.25) is 4.79 Å². The van der Waals surface area contributed by atoms with Crippen LogP contribution in [0.25, 0.3) is 0 Å². The molecule has 2 rings (SSSR count). The van der Waals surface area contributed by atoms with Crippen LogP contribution in [0.2, 0.25) is 0 Å². The molecule has 1 N–H and O–H groups in total. The van der Waals surface area contributed by atoms with E-state index in [9.17, 15) is 4.79 Å². The lowest BCUT2D eigenvalue weighted by Gasteiger charge is -2.52. The van der Waals surface area contributed by atoms with Crippen molar-refractivity contribution >= 4 is 17.7 Å². The lowest BCUT2D eigenvalue weighted by molar-refractivity contribution is -0.133. The second kappa shape index (κ2) is 14.0. The fraction of sp³-hybridized carbons (Fsp3) is 0.893. The zero-order chi connectivity index (χ0) is 23.6. The highest BCUT2D eigenvalue weighted by molar-refractivity contribution is 7.99. The lowest BCUT2D eigenvalue weighted by Crippen LogP contribution is -2.44. The van der Waals surface area contributed by atoms with Gasteiger partial charge < -0.3 is 9.84 Å². The number of ether oxygens (including phenoxy) is 1. The Bertz CT molecular complexity index is 587. The summed E-state index contributed by atoms with van der Waals surface area (Å²) in [5, 5.41) is 8.75. The van der Waals surface area contributed by atoms with Crippen molar-refractivity contribution < 1.29 is 14.6 Å². The van der Waals surface area contributed by atoms with E-state index >= 15 is 0 Å². The molecule has 0 aromatic heterocycles. The molecule has 2 aliphatic carbocycles. The molecule has 0 aliphatic heterocycles. The number of fused-ring (bicyclic) bond motifs is 1. The maximum absolute atomic E-state index is 10.6. The van der Waals surface area contributed by atoms with E-state index in [4.69, 9.17) is 9.84 Å². The van der Waals surface area contributed by atoms with Crippen molar-refractivity contribution in [3.63, 3.8) is 0 Å². The summed E-state index contributed by atoms with van der Waals surface area (Å²) < 4.78 is 6.26. The molecular formula is C28H50O3S. The summed E-state index contributed by atoms with van der Waals surface area (Å²) in [7, 11) is 0. The molecule has 186 valence electrons. The minimum atomic E-state index is -0.725. The molecule has 0 saturated heterocycles. The highest BCUT2D eigenvalue weighted by Crippen LogP contribution is 2.56. The van der Waals surface area contributed by atoms with E-state index < -0.39 is 5.97 Å². The van der Waals surface area contributed by atoms with Crippen molar-refractivity contribution in [1.82, 2.24) is 0 Å². The molecule has 3 nitrogen and oxygen atoms in total. The van der Waals surface area contributed by atoms with Crippen LogP contribution < -0.4 is 0 Å². The summed E-state index contributed by atoms with van der Waals surface area (Å²) in [5.74, 6) is 3.65. The first-order chi connectivity index (χ1) is 15.3. The predicted molar refractivity (Wildman–Crippen MR) is 138 cm³/mol. The SMILES string of the molecule is CCCC(C)C1CC=C2CC(OCCCSCC(=O)O)CC[C@]2(C)C1CCCCC(C)C. The minimum absolute atomic E-state index is 0.199. The van der Waals surface area contributed by atoms with E-state index in [0.717, 1.165) is 48.9 Å². The van der Waals surface area contributed by atoms with Gasteiger partial charge in [-0.05, 0) is 73.4 Å². The molecule has 0 heterocycles. The molecule has 1 saturated carbocycles. The van der Waals surface area contributed by atoms with Gasteiger partial charge in [0.2, 0.25) is 0 Å². The molecule has 32 heavy (non-hydrogen) atoms. The van der Waals surface area contributed by atoms with Crippen LogP contribution in [0.15, 0.2) is 11.6 Å². The van der Waals surface area contributed by atoms with E-state index in [2.05, 4.69) is 40.7 Å². The first kappa shape index (κ1) is 27.8. The Morgan fingerprint density at radius 1 is 1.25 bits per heavy atom. The average molecular weight is 467 g/mol. The number of allylic oxidation sites excluding steroid dienone is 1.